The summed E-state index contributed by atoms with van der Waals surface area (Å²) in [6.07, 6.45) is 1.39. The van der Waals surface area contributed by atoms with E-state index in [1.54, 1.807) is 6.92 Å². The molecule has 6 heteroatoms. The first-order chi connectivity index (χ1) is 12.4. The van der Waals surface area contributed by atoms with E-state index < -0.39 is 5.54 Å². The third kappa shape index (κ3) is 8.21. The van der Waals surface area contributed by atoms with E-state index in [9.17, 15) is 10.1 Å². The van der Waals surface area contributed by atoms with Crippen molar-refractivity contribution in [1.82, 2.24) is 5.32 Å². The standard InChI is InChI=1S/C20H30N2O4/c1-5-24-17-9-6-7-10-18(17)26-13-8-11-19(23)22-20(4,15-21)12-14-25-16(2)3/h6-7,9-10,16H,5,8,11-14H2,1-4H3,(H,22,23)/t20-/m0/s1. The summed E-state index contributed by atoms with van der Waals surface area (Å²) >= 11 is 0. The monoisotopic (exact) mass is 362 g/mol. The molecule has 0 saturated carbocycles. The molecule has 0 aliphatic rings. The Hall–Kier alpha value is -2.26. The molecule has 144 valence electrons. The Morgan fingerprint density at radius 3 is 2.46 bits per heavy atom. The minimum absolute atomic E-state index is 0.102. The summed E-state index contributed by atoms with van der Waals surface area (Å²) in [6.45, 7) is 8.90. The number of rotatable bonds is 12. The maximum atomic E-state index is 12.1. The van der Waals surface area contributed by atoms with E-state index in [0.29, 0.717) is 50.6 Å². The van der Waals surface area contributed by atoms with Gasteiger partial charge in [-0.2, -0.15) is 5.26 Å². The molecule has 0 bridgehead atoms. The summed E-state index contributed by atoms with van der Waals surface area (Å²) in [5.41, 5.74) is -0.922. The smallest absolute Gasteiger partial charge is 0.221 e. The van der Waals surface area contributed by atoms with Gasteiger partial charge in [0.15, 0.2) is 11.5 Å². The lowest BCUT2D eigenvalue weighted by Gasteiger charge is -2.23. The van der Waals surface area contributed by atoms with E-state index in [4.69, 9.17) is 14.2 Å². The van der Waals surface area contributed by atoms with Crippen LogP contribution in [-0.2, 0) is 9.53 Å². The van der Waals surface area contributed by atoms with Crippen molar-refractivity contribution in [3.05, 3.63) is 24.3 Å². The van der Waals surface area contributed by atoms with Crippen LogP contribution in [0.1, 0.15) is 47.0 Å². The number of carbonyl (C=O) groups excluding carboxylic acids is 1. The molecule has 0 radical (unpaired) electrons. The maximum absolute atomic E-state index is 12.1. The van der Waals surface area contributed by atoms with Gasteiger partial charge in [-0.25, -0.2) is 0 Å². The van der Waals surface area contributed by atoms with Crippen LogP contribution in [0.2, 0.25) is 0 Å². The van der Waals surface area contributed by atoms with Gasteiger partial charge in [0.05, 0.1) is 32.0 Å². The number of para-hydroxylation sites is 2. The van der Waals surface area contributed by atoms with Crippen molar-refractivity contribution < 1.29 is 19.0 Å². The number of amides is 1. The Labute approximate surface area is 156 Å². The summed E-state index contributed by atoms with van der Waals surface area (Å²) in [5, 5.41) is 12.1. The zero-order chi connectivity index (χ0) is 19.4. The molecular weight excluding hydrogens is 332 g/mol. The minimum atomic E-state index is -0.922. The molecule has 0 unspecified atom stereocenters. The van der Waals surface area contributed by atoms with Crippen LogP contribution < -0.4 is 14.8 Å². The fraction of sp³-hybridized carbons (Fsp3) is 0.600. The van der Waals surface area contributed by atoms with Crippen LogP contribution in [0.25, 0.3) is 0 Å². The molecule has 26 heavy (non-hydrogen) atoms. The van der Waals surface area contributed by atoms with Gasteiger partial charge in [0.25, 0.3) is 0 Å². The lowest BCUT2D eigenvalue weighted by Crippen LogP contribution is -2.45. The topological polar surface area (TPSA) is 80.6 Å². The quantitative estimate of drug-likeness (QED) is 0.576. The Morgan fingerprint density at radius 1 is 1.23 bits per heavy atom. The second kappa shape index (κ2) is 11.4. The SMILES string of the molecule is CCOc1ccccc1OCCCC(=O)N[C@](C)(C#N)CCOC(C)C. The number of nitrogens with zero attached hydrogens (tertiary/aromatic N) is 1. The number of hydrogen-bond acceptors (Lipinski definition) is 5. The first-order valence-electron chi connectivity index (χ1n) is 9.08. The van der Waals surface area contributed by atoms with Crippen molar-refractivity contribution in [1.29, 1.82) is 5.26 Å². The predicted octanol–water partition coefficient (Wildman–Crippen LogP) is 3.46. The van der Waals surface area contributed by atoms with Crippen LogP contribution in [0, 0.1) is 11.3 Å². The van der Waals surface area contributed by atoms with Crippen LogP contribution in [-0.4, -0.2) is 37.4 Å². The third-order valence-corrected chi connectivity index (χ3v) is 3.67. The molecule has 0 aromatic heterocycles. The normalized spacial score (nSPS) is 12.9. The summed E-state index contributed by atoms with van der Waals surface area (Å²) < 4.78 is 16.7. The van der Waals surface area contributed by atoms with Gasteiger partial charge in [-0.3, -0.25) is 4.79 Å². The van der Waals surface area contributed by atoms with E-state index in [1.807, 2.05) is 45.0 Å². The number of nitriles is 1. The van der Waals surface area contributed by atoms with Crippen LogP contribution >= 0.6 is 0 Å². The first-order valence-corrected chi connectivity index (χ1v) is 9.08. The number of nitrogens with one attached hydrogen (secondary N) is 1. The molecule has 0 aliphatic heterocycles. The summed E-state index contributed by atoms with van der Waals surface area (Å²) in [7, 11) is 0. The molecule has 0 aliphatic carbocycles. The zero-order valence-electron chi connectivity index (χ0n) is 16.2. The number of carbonyl (C=O) groups is 1. The Kier molecular flexibility index (Phi) is 9.53. The maximum Gasteiger partial charge on any atom is 0.221 e. The minimum Gasteiger partial charge on any atom is -0.490 e. The average Bonchev–Trinajstić information content (AvgIpc) is 2.60. The Morgan fingerprint density at radius 2 is 1.88 bits per heavy atom. The van der Waals surface area contributed by atoms with Gasteiger partial charge >= 0.3 is 0 Å². The van der Waals surface area contributed by atoms with Gasteiger partial charge in [0.2, 0.25) is 5.91 Å². The summed E-state index contributed by atoms with van der Waals surface area (Å²) in [6, 6.07) is 9.61. The van der Waals surface area contributed by atoms with Crippen LogP contribution in [0.4, 0.5) is 0 Å². The van der Waals surface area contributed by atoms with Crippen molar-refractivity contribution in [3.63, 3.8) is 0 Å². The van der Waals surface area contributed by atoms with Gasteiger partial charge in [-0.15, -0.1) is 0 Å². The molecule has 0 heterocycles. The van der Waals surface area contributed by atoms with E-state index in [0.717, 1.165) is 0 Å². The van der Waals surface area contributed by atoms with Crippen molar-refractivity contribution >= 4 is 5.91 Å². The molecule has 1 aromatic carbocycles. The van der Waals surface area contributed by atoms with E-state index >= 15 is 0 Å². The highest BCUT2D eigenvalue weighted by atomic mass is 16.5. The molecule has 1 N–H and O–H groups in total. The number of benzene rings is 1. The van der Waals surface area contributed by atoms with E-state index in [-0.39, 0.29) is 12.0 Å². The average molecular weight is 362 g/mol. The van der Waals surface area contributed by atoms with Crippen molar-refractivity contribution in [2.75, 3.05) is 19.8 Å². The fourth-order valence-corrected chi connectivity index (χ4v) is 2.27. The van der Waals surface area contributed by atoms with Crippen molar-refractivity contribution in [2.24, 2.45) is 0 Å². The molecule has 0 spiro atoms. The Bertz CT molecular complexity index is 598. The van der Waals surface area contributed by atoms with Gasteiger partial charge in [-0.1, -0.05) is 12.1 Å². The van der Waals surface area contributed by atoms with Gasteiger partial charge in [0, 0.05) is 12.8 Å². The molecule has 1 amide bonds. The van der Waals surface area contributed by atoms with Gasteiger partial charge in [0.1, 0.15) is 5.54 Å². The molecular formula is C20H30N2O4. The van der Waals surface area contributed by atoms with Crippen molar-refractivity contribution in [3.8, 4) is 17.6 Å². The van der Waals surface area contributed by atoms with Crippen LogP contribution in [0.15, 0.2) is 24.3 Å². The summed E-state index contributed by atoms with van der Waals surface area (Å²) in [5.74, 6) is 1.20. The zero-order valence-corrected chi connectivity index (χ0v) is 16.2. The molecule has 1 aromatic rings. The lowest BCUT2D eigenvalue weighted by atomic mass is 10.00. The van der Waals surface area contributed by atoms with E-state index in [1.165, 1.54) is 0 Å². The lowest BCUT2D eigenvalue weighted by molar-refractivity contribution is -0.122. The Balaban J connectivity index is 2.36. The predicted molar refractivity (Wildman–Crippen MR) is 100 cm³/mol. The molecule has 0 saturated heterocycles. The number of hydrogen-bond donors (Lipinski definition) is 1. The number of ether oxygens (including phenoxy) is 3. The largest absolute Gasteiger partial charge is 0.490 e. The van der Waals surface area contributed by atoms with E-state index in [2.05, 4.69) is 11.4 Å². The molecule has 0 fully saturated rings. The second-order valence-corrected chi connectivity index (χ2v) is 6.49. The highest BCUT2D eigenvalue weighted by Crippen LogP contribution is 2.26. The highest BCUT2D eigenvalue weighted by molar-refractivity contribution is 5.77. The second-order valence-electron chi connectivity index (χ2n) is 6.49. The fourth-order valence-electron chi connectivity index (χ4n) is 2.27. The molecule has 1 atom stereocenters. The van der Waals surface area contributed by atoms with Crippen molar-refractivity contribution in [2.45, 2.75) is 58.6 Å². The van der Waals surface area contributed by atoms with Crippen LogP contribution in [0.5, 0.6) is 11.5 Å². The molecule has 6 nitrogen and oxygen atoms in total. The third-order valence-electron chi connectivity index (χ3n) is 3.67. The summed E-state index contributed by atoms with van der Waals surface area (Å²) in [4.78, 5) is 12.1. The van der Waals surface area contributed by atoms with Crippen LogP contribution in [0.3, 0.4) is 0 Å². The van der Waals surface area contributed by atoms with Gasteiger partial charge < -0.3 is 19.5 Å². The highest BCUT2D eigenvalue weighted by Gasteiger charge is 2.25. The molecule has 1 rings (SSSR count). The first kappa shape index (κ1) is 21.8. The van der Waals surface area contributed by atoms with Gasteiger partial charge in [-0.05, 0) is 46.2 Å².